The number of ether oxygens (including phenoxy) is 1. The van der Waals surface area contributed by atoms with Crippen molar-refractivity contribution in [3.8, 4) is 11.5 Å². The molecule has 4 heteroatoms. The summed E-state index contributed by atoms with van der Waals surface area (Å²) in [4.78, 5) is 13.4. The Morgan fingerprint density at radius 3 is 2.68 bits per heavy atom. The van der Waals surface area contributed by atoms with Crippen molar-refractivity contribution in [2.24, 2.45) is 5.73 Å². The lowest BCUT2D eigenvalue weighted by Gasteiger charge is -2.20. The molecular formula is C15H13NO2S. The van der Waals surface area contributed by atoms with Crippen molar-refractivity contribution in [3.63, 3.8) is 0 Å². The first kappa shape index (κ1) is 12.1. The second-order valence-corrected chi connectivity index (χ2v) is 5.56. The Bertz CT molecular complexity index is 654. The van der Waals surface area contributed by atoms with Crippen LogP contribution in [0.5, 0.6) is 11.5 Å². The number of primary amides is 1. The highest BCUT2D eigenvalue weighted by molar-refractivity contribution is 7.99. The van der Waals surface area contributed by atoms with Gasteiger partial charge in [0.1, 0.15) is 11.5 Å². The van der Waals surface area contributed by atoms with Gasteiger partial charge >= 0.3 is 0 Å². The zero-order valence-corrected chi connectivity index (χ0v) is 11.2. The molecule has 19 heavy (non-hydrogen) atoms. The third kappa shape index (κ3) is 2.19. The summed E-state index contributed by atoms with van der Waals surface area (Å²) in [5.41, 5.74) is 6.26. The van der Waals surface area contributed by atoms with Gasteiger partial charge in [-0.1, -0.05) is 30.0 Å². The normalized spacial score (nSPS) is 13.9. The highest BCUT2D eigenvalue weighted by atomic mass is 32.2. The van der Waals surface area contributed by atoms with E-state index >= 15 is 0 Å². The summed E-state index contributed by atoms with van der Waals surface area (Å²) in [7, 11) is 0. The fourth-order valence-corrected chi connectivity index (χ4v) is 2.98. The van der Waals surface area contributed by atoms with Crippen molar-refractivity contribution in [1.29, 1.82) is 0 Å². The Morgan fingerprint density at radius 1 is 1.16 bits per heavy atom. The molecule has 1 aliphatic rings. The molecule has 96 valence electrons. The molecule has 0 saturated heterocycles. The first-order valence-electron chi connectivity index (χ1n) is 6.03. The maximum absolute atomic E-state index is 11.3. The molecule has 1 amide bonds. The van der Waals surface area contributed by atoms with Gasteiger partial charge in [-0.2, -0.15) is 0 Å². The summed E-state index contributed by atoms with van der Waals surface area (Å²) >= 11 is 1.65. The van der Waals surface area contributed by atoms with Crippen molar-refractivity contribution in [2.45, 2.75) is 22.6 Å². The van der Waals surface area contributed by atoms with Crippen molar-refractivity contribution in [2.75, 3.05) is 0 Å². The minimum Gasteiger partial charge on any atom is -0.455 e. The average molecular weight is 271 g/mol. The van der Waals surface area contributed by atoms with Gasteiger partial charge in [0, 0.05) is 0 Å². The van der Waals surface area contributed by atoms with E-state index in [-0.39, 0.29) is 11.8 Å². The minimum absolute atomic E-state index is 0.289. The van der Waals surface area contributed by atoms with Gasteiger partial charge in [-0.3, -0.25) is 4.79 Å². The van der Waals surface area contributed by atoms with Crippen LogP contribution in [0.15, 0.2) is 52.3 Å². The molecule has 2 aromatic rings. The Hall–Kier alpha value is -1.94. The number of fused-ring (bicyclic) bond motifs is 2. The number of carbonyl (C=O) groups excluding carboxylic acids is 1. The van der Waals surface area contributed by atoms with Gasteiger partial charge in [0.05, 0.1) is 15.7 Å². The lowest BCUT2D eigenvalue weighted by molar-refractivity contribution is -0.119. The third-order valence-electron chi connectivity index (χ3n) is 3.18. The maximum Gasteiger partial charge on any atom is 0.224 e. The van der Waals surface area contributed by atoms with Gasteiger partial charge in [-0.25, -0.2) is 0 Å². The molecule has 0 aromatic heterocycles. The topological polar surface area (TPSA) is 52.3 Å². The quantitative estimate of drug-likeness (QED) is 0.775. The molecule has 3 nitrogen and oxygen atoms in total. The molecule has 0 saturated carbocycles. The van der Waals surface area contributed by atoms with E-state index < -0.39 is 0 Å². The van der Waals surface area contributed by atoms with Gasteiger partial charge in [0.25, 0.3) is 0 Å². The summed E-state index contributed by atoms with van der Waals surface area (Å²) < 4.78 is 5.84. The van der Waals surface area contributed by atoms with Crippen LogP contribution in [0.1, 0.15) is 18.4 Å². The number of benzene rings is 2. The average Bonchev–Trinajstić information content (AvgIpc) is 2.43. The second kappa shape index (κ2) is 4.63. The third-order valence-corrected chi connectivity index (χ3v) is 4.28. The molecule has 1 atom stereocenters. The molecule has 0 bridgehead atoms. The van der Waals surface area contributed by atoms with Crippen molar-refractivity contribution in [3.05, 3.63) is 48.0 Å². The van der Waals surface area contributed by atoms with Gasteiger partial charge in [-0.05, 0) is 36.8 Å². The predicted molar refractivity (Wildman–Crippen MR) is 74.7 cm³/mol. The van der Waals surface area contributed by atoms with Gasteiger partial charge in [0.15, 0.2) is 0 Å². The van der Waals surface area contributed by atoms with Crippen LogP contribution in [0.4, 0.5) is 0 Å². The van der Waals surface area contributed by atoms with Crippen LogP contribution < -0.4 is 10.5 Å². The first-order chi connectivity index (χ1) is 9.15. The molecule has 1 aliphatic heterocycles. The highest BCUT2D eigenvalue weighted by Crippen LogP contribution is 2.47. The molecule has 0 aliphatic carbocycles. The van der Waals surface area contributed by atoms with Crippen LogP contribution >= 0.6 is 11.8 Å². The Morgan fingerprint density at radius 2 is 1.89 bits per heavy atom. The summed E-state index contributed by atoms with van der Waals surface area (Å²) in [6, 6.07) is 13.7. The molecule has 3 rings (SSSR count). The number of hydrogen-bond donors (Lipinski definition) is 1. The van der Waals surface area contributed by atoms with E-state index in [9.17, 15) is 4.79 Å². The lowest BCUT2D eigenvalue weighted by atomic mass is 10.0. The predicted octanol–water partition coefficient (Wildman–Crippen LogP) is 3.53. The molecule has 1 unspecified atom stereocenters. The zero-order valence-electron chi connectivity index (χ0n) is 10.4. The monoisotopic (exact) mass is 271 g/mol. The smallest absolute Gasteiger partial charge is 0.224 e. The highest BCUT2D eigenvalue weighted by Gasteiger charge is 2.20. The summed E-state index contributed by atoms with van der Waals surface area (Å²) in [5.74, 6) is 1.09. The molecule has 0 radical (unpaired) electrons. The first-order valence-corrected chi connectivity index (χ1v) is 6.85. The van der Waals surface area contributed by atoms with Gasteiger partial charge < -0.3 is 10.5 Å². The van der Waals surface area contributed by atoms with Crippen molar-refractivity contribution in [1.82, 2.24) is 0 Å². The Balaban J connectivity index is 1.98. The van der Waals surface area contributed by atoms with Crippen LogP contribution in [0, 0.1) is 0 Å². The molecule has 0 spiro atoms. The van der Waals surface area contributed by atoms with E-state index in [0.29, 0.717) is 0 Å². The van der Waals surface area contributed by atoms with Gasteiger partial charge in [-0.15, -0.1) is 0 Å². The van der Waals surface area contributed by atoms with Crippen LogP contribution in [0.2, 0.25) is 0 Å². The fraction of sp³-hybridized carbons (Fsp3) is 0.133. The fourth-order valence-electron chi connectivity index (χ4n) is 1.98. The SMILES string of the molecule is CC(C(N)=O)c1ccc2c(c1)Sc1ccccc1O2. The molecule has 2 aromatic carbocycles. The molecular weight excluding hydrogens is 258 g/mol. The van der Waals surface area contributed by atoms with E-state index in [1.54, 1.807) is 11.8 Å². The molecule has 0 fully saturated rings. The largest absolute Gasteiger partial charge is 0.455 e. The van der Waals surface area contributed by atoms with Crippen LogP contribution in [0.25, 0.3) is 0 Å². The van der Waals surface area contributed by atoms with Crippen molar-refractivity contribution < 1.29 is 9.53 Å². The number of carbonyl (C=O) groups is 1. The number of hydrogen-bond acceptors (Lipinski definition) is 3. The summed E-state index contributed by atoms with van der Waals surface area (Å²) in [5, 5.41) is 0. The van der Waals surface area contributed by atoms with E-state index in [2.05, 4.69) is 0 Å². The van der Waals surface area contributed by atoms with Crippen molar-refractivity contribution >= 4 is 17.7 Å². The second-order valence-electron chi connectivity index (χ2n) is 4.48. The van der Waals surface area contributed by atoms with Crippen LogP contribution in [-0.2, 0) is 4.79 Å². The molecule has 2 N–H and O–H groups in total. The standard InChI is InChI=1S/C15H13NO2S/c1-9(15(16)17)10-6-7-12-14(8-10)19-13-5-3-2-4-11(13)18-12/h2-9H,1H3,(H2,16,17). The minimum atomic E-state index is -0.318. The number of amides is 1. The zero-order chi connectivity index (χ0) is 13.4. The number of para-hydroxylation sites is 1. The van der Waals surface area contributed by atoms with Crippen LogP contribution in [0.3, 0.4) is 0 Å². The van der Waals surface area contributed by atoms with E-state index in [4.69, 9.17) is 10.5 Å². The van der Waals surface area contributed by atoms with E-state index in [1.165, 1.54) is 0 Å². The molecule has 1 heterocycles. The number of rotatable bonds is 2. The van der Waals surface area contributed by atoms with E-state index in [0.717, 1.165) is 26.9 Å². The summed E-state index contributed by atoms with van der Waals surface area (Å²) in [6.07, 6.45) is 0. The van der Waals surface area contributed by atoms with E-state index in [1.807, 2.05) is 49.4 Å². The Kier molecular flexibility index (Phi) is 2.95. The summed E-state index contributed by atoms with van der Waals surface area (Å²) in [6.45, 7) is 1.81. The van der Waals surface area contributed by atoms with Crippen LogP contribution in [-0.4, -0.2) is 5.91 Å². The van der Waals surface area contributed by atoms with Gasteiger partial charge in [0.2, 0.25) is 5.91 Å². The Labute approximate surface area is 115 Å². The lowest BCUT2D eigenvalue weighted by Crippen LogP contribution is -2.18. The number of nitrogens with two attached hydrogens (primary N) is 1. The maximum atomic E-state index is 11.3.